The second-order valence-corrected chi connectivity index (χ2v) is 4.95. The maximum Gasteiger partial charge on any atom is 0.161 e. The van der Waals surface area contributed by atoms with Gasteiger partial charge in [-0.05, 0) is 30.9 Å². The number of rotatable bonds is 2. The molecular formula is C14H18O3. The Morgan fingerprint density at radius 1 is 1.12 bits per heavy atom. The van der Waals surface area contributed by atoms with E-state index in [2.05, 4.69) is 0 Å². The Morgan fingerprint density at radius 2 is 1.82 bits per heavy atom. The molecule has 1 aromatic carbocycles. The predicted octanol–water partition coefficient (Wildman–Crippen LogP) is 2.38. The van der Waals surface area contributed by atoms with Gasteiger partial charge in [0.1, 0.15) is 6.61 Å². The normalized spacial score (nSPS) is 25.8. The first kappa shape index (κ1) is 10.9. The Balaban J connectivity index is 1.70. The van der Waals surface area contributed by atoms with Gasteiger partial charge in [0.25, 0.3) is 0 Å². The van der Waals surface area contributed by atoms with Crippen LogP contribution < -0.4 is 9.47 Å². The molecule has 1 saturated carbocycles. The monoisotopic (exact) mass is 234 g/mol. The quantitative estimate of drug-likeness (QED) is 0.853. The zero-order valence-corrected chi connectivity index (χ0v) is 9.84. The van der Waals surface area contributed by atoms with E-state index in [1.807, 2.05) is 24.3 Å². The molecule has 1 N–H and O–H groups in total. The van der Waals surface area contributed by atoms with Crippen LogP contribution in [0.3, 0.4) is 0 Å². The first-order valence-electron chi connectivity index (χ1n) is 6.41. The largest absolute Gasteiger partial charge is 0.486 e. The van der Waals surface area contributed by atoms with Crippen molar-refractivity contribution >= 4 is 0 Å². The molecule has 1 aromatic rings. The fourth-order valence-corrected chi connectivity index (χ4v) is 2.81. The minimum Gasteiger partial charge on any atom is -0.486 e. The van der Waals surface area contributed by atoms with Gasteiger partial charge in [0.15, 0.2) is 17.6 Å². The summed E-state index contributed by atoms with van der Waals surface area (Å²) < 4.78 is 11.5. The lowest BCUT2D eigenvalue weighted by atomic mass is 9.96. The number of aliphatic hydroxyl groups excluding tert-OH is 1. The van der Waals surface area contributed by atoms with Gasteiger partial charge in [0.2, 0.25) is 0 Å². The number of para-hydroxylation sites is 2. The van der Waals surface area contributed by atoms with E-state index in [9.17, 15) is 5.11 Å². The van der Waals surface area contributed by atoms with Crippen molar-refractivity contribution in [3.63, 3.8) is 0 Å². The minimum absolute atomic E-state index is 0.215. The first-order valence-corrected chi connectivity index (χ1v) is 6.41. The van der Waals surface area contributed by atoms with Gasteiger partial charge < -0.3 is 14.6 Å². The van der Waals surface area contributed by atoms with Crippen LogP contribution in [0.5, 0.6) is 11.5 Å². The van der Waals surface area contributed by atoms with E-state index >= 15 is 0 Å². The molecule has 0 bridgehead atoms. The molecule has 2 atom stereocenters. The zero-order valence-electron chi connectivity index (χ0n) is 9.84. The molecule has 1 aliphatic heterocycles. The van der Waals surface area contributed by atoms with Crippen LogP contribution in [0, 0.1) is 5.92 Å². The summed E-state index contributed by atoms with van der Waals surface area (Å²) >= 11 is 0. The standard InChI is InChI=1S/C14H18O3/c15-14(10-5-1-2-6-10)13-9-16-11-7-3-4-8-12(11)17-13/h3-4,7-8,10,13-15H,1-2,5-6,9H2. The number of hydrogen-bond acceptors (Lipinski definition) is 3. The Bertz CT molecular complexity index is 385. The van der Waals surface area contributed by atoms with Crippen LogP contribution in [0.25, 0.3) is 0 Å². The minimum atomic E-state index is -0.397. The fourth-order valence-electron chi connectivity index (χ4n) is 2.81. The highest BCUT2D eigenvalue weighted by Crippen LogP contribution is 2.35. The molecule has 1 fully saturated rings. The lowest BCUT2D eigenvalue weighted by Gasteiger charge is -2.32. The number of hydrogen-bond donors (Lipinski definition) is 1. The number of aliphatic hydroxyl groups is 1. The Labute approximate surface area is 101 Å². The molecule has 0 amide bonds. The van der Waals surface area contributed by atoms with Crippen molar-refractivity contribution in [2.75, 3.05) is 6.61 Å². The second kappa shape index (κ2) is 4.57. The molecule has 1 aliphatic carbocycles. The average molecular weight is 234 g/mol. The van der Waals surface area contributed by atoms with E-state index in [-0.39, 0.29) is 6.10 Å². The van der Waals surface area contributed by atoms with Gasteiger partial charge in [0, 0.05) is 0 Å². The summed E-state index contributed by atoms with van der Waals surface area (Å²) in [5.41, 5.74) is 0. The van der Waals surface area contributed by atoms with Crippen LogP contribution in [-0.2, 0) is 0 Å². The Hall–Kier alpha value is -1.22. The van der Waals surface area contributed by atoms with E-state index in [4.69, 9.17) is 9.47 Å². The highest BCUT2D eigenvalue weighted by molar-refractivity contribution is 5.40. The first-order chi connectivity index (χ1) is 8.34. The van der Waals surface area contributed by atoms with Crippen LogP contribution >= 0.6 is 0 Å². The number of fused-ring (bicyclic) bond motifs is 1. The smallest absolute Gasteiger partial charge is 0.161 e. The van der Waals surface area contributed by atoms with Gasteiger partial charge in [0.05, 0.1) is 6.10 Å². The molecule has 3 heteroatoms. The summed E-state index contributed by atoms with van der Waals surface area (Å²) in [5, 5.41) is 10.3. The van der Waals surface area contributed by atoms with Crippen molar-refractivity contribution in [1.29, 1.82) is 0 Å². The van der Waals surface area contributed by atoms with Crippen LogP contribution in [0.1, 0.15) is 25.7 Å². The molecule has 3 rings (SSSR count). The van der Waals surface area contributed by atoms with Crippen molar-refractivity contribution in [3.05, 3.63) is 24.3 Å². The number of benzene rings is 1. The SMILES string of the molecule is OC(C1CCCC1)C1COc2ccccc2O1. The summed E-state index contributed by atoms with van der Waals surface area (Å²) in [7, 11) is 0. The van der Waals surface area contributed by atoms with Crippen LogP contribution in [-0.4, -0.2) is 23.9 Å². The summed E-state index contributed by atoms with van der Waals surface area (Å²) in [5.74, 6) is 1.91. The Kier molecular flexibility index (Phi) is 2.93. The number of ether oxygens (including phenoxy) is 2. The molecule has 17 heavy (non-hydrogen) atoms. The molecule has 0 spiro atoms. The van der Waals surface area contributed by atoms with Gasteiger partial charge in [-0.15, -0.1) is 0 Å². The van der Waals surface area contributed by atoms with Crippen LogP contribution in [0.2, 0.25) is 0 Å². The third-order valence-corrected chi connectivity index (χ3v) is 3.79. The van der Waals surface area contributed by atoms with Gasteiger partial charge in [-0.1, -0.05) is 25.0 Å². The van der Waals surface area contributed by atoms with Crippen molar-refractivity contribution in [1.82, 2.24) is 0 Å². The van der Waals surface area contributed by atoms with E-state index in [0.29, 0.717) is 12.5 Å². The molecular weight excluding hydrogens is 216 g/mol. The van der Waals surface area contributed by atoms with E-state index in [1.165, 1.54) is 12.8 Å². The summed E-state index contributed by atoms with van der Waals surface area (Å²) in [4.78, 5) is 0. The van der Waals surface area contributed by atoms with Crippen LogP contribution in [0.15, 0.2) is 24.3 Å². The Morgan fingerprint density at radius 3 is 2.59 bits per heavy atom. The highest BCUT2D eigenvalue weighted by atomic mass is 16.6. The van der Waals surface area contributed by atoms with Crippen LogP contribution in [0.4, 0.5) is 0 Å². The highest BCUT2D eigenvalue weighted by Gasteiger charge is 2.34. The summed E-state index contributed by atoms with van der Waals surface area (Å²) in [6, 6.07) is 7.64. The van der Waals surface area contributed by atoms with Gasteiger partial charge >= 0.3 is 0 Å². The third-order valence-electron chi connectivity index (χ3n) is 3.79. The molecule has 0 aromatic heterocycles. The van der Waals surface area contributed by atoms with Crippen molar-refractivity contribution in [2.45, 2.75) is 37.9 Å². The van der Waals surface area contributed by atoms with Crippen molar-refractivity contribution in [2.24, 2.45) is 5.92 Å². The maximum absolute atomic E-state index is 10.3. The second-order valence-electron chi connectivity index (χ2n) is 4.95. The average Bonchev–Trinajstić information content (AvgIpc) is 2.91. The molecule has 2 aliphatic rings. The molecule has 92 valence electrons. The van der Waals surface area contributed by atoms with Gasteiger partial charge in [-0.3, -0.25) is 0 Å². The lowest BCUT2D eigenvalue weighted by molar-refractivity contribution is -0.0371. The van der Waals surface area contributed by atoms with Crippen molar-refractivity contribution < 1.29 is 14.6 Å². The molecule has 0 saturated heterocycles. The molecule has 2 unspecified atom stereocenters. The summed E-state index contributed by atoms with van der Waals surface area (Å²) in [6.07, 6.45) is 4.07. The maximum atomic E-state index is 10.3. The van der Waals surface area contributed by atoms with Gasteiger partial charge in [-0.25, -0.2) is 0 Å². The predicted molar refractivity (Wildman–Crippen MR) is 64.3 cm³/mol. The zero-order chi connectivity index (χ0) is 11.7. The molecule has 3 nitrogen and oxygen atoms in total. The fraction of sp³-hybridized carbons (Fsp3) is 0.571. The van der Waals surface area contributed by atoms with Crippen molar-refractivity contribution in [3.8, 4) is 11.5 Å². The molecule has 1 heterocycles. The third kappa shape index (κ3) is 2.12. The molecule has 0 radical (unpaired) electrons. The van der Waals surface area contributed by atoms with Gasteiger partial charge in [-0.2, -0.15) is 0 Å². The van der Waals surface area contributed by atoms with E-state index < -0.39 is 6.10 Å². The lowest BCUT2D eigenvalue weighted by Crippen LogP contribution is -2.43. The van der Waals surface area contributed by atoms with E-state index in [1.54, 1.807) is 0 Å². The summed E-state index contributed by atoms with van der Waals surface area (Å²) in [6.45, 7) is 0.453. The topological polar surface area (TPSA) is 38.7 Å². The van der Waals surface area contributed by atoms with E-state index in [0.717, 1.165) is 24.3 Å².